The molecule has 25 heavy (non-hydrogen) atoms. The summed E-state index contributed by atoms with van der Waals surface area (Å²) in [5.74, 6) is -0.0119. The van der Waals surface area contributed by atoms with Gasteiger partial charge in [-0.3, -0.25) is 9.59 Å². The number of allylic oxidation sites excluding steroid dienone is 1. The summed E-state index contributed by atoms with van der Waals surface area (Å²) in [6.45, 7) is 0. The summed E-state index contributed by atoms with van der Waals surface area (Å²) in [5.41, 5.74) is 1.15. The average Bonchev–Trinajstić information content (AvgIpc) is 3.07. The van der Waals surface area contributed by atoms with E-state index in [1.165, 1.54) is 0 Å². The minimum atomic E-state index is -1.07. The van der Waals surface area contributed by atoms with Crippen LogP contribution in [-0.4, -0.2) is 31.5 Å². The number of aryl methyl sites for hydroxylation is 1. The maximum atomic E-state index is 12.2. The van der Waals surface area contributed by atoms with Gasteiger partial charge in [-0.05, 0) is 25.8 Å². The predicted octanol–water partition coefficient (Wildman–Crippen LogP) is 3.35. The van der Waals surface area contributed by atoms with Gasteiger partial charge in [0.05, 0.1) is 12.5 Å². The van der Waals surface area contributed by atoms with Gasteiger partial charge in [-0.2, -0.15) is 0 Å². The second kappa shape index (κ2) is 8.58. The Balaban J connectivity index is 1.60. The van der Waals surface area contributed by atoms with Crippen LogP contribution in [0.2, 0.25) is 0 Å². The minimum absolute atomic E-state index is 0.00812. The number of hydrogen-bond donors (Lipinski definition) is 0. The fraction of sp³-hybridized carbons (Fsp3) is 0.444. The molecule has 1 aliphatic heterocycles. The molecule has 1 saturated heterocycles. The molecule has 1 saturated carbocycles. The third kappa shape index (κ3) is 5.00. The van der Waals surface area contributed by atoms with Gasteiger partial charge in [-0.25, -0.2) is 0 Å². The molecule has 6 atom stereocenters. The van der Waals surface area contributed by atoms with Crippen LogP contribution in [0.4, 0.5) is 0 Å². The van der Waals surface area contributed by atoms with E-state index >= 15 is 0 Å². The number of ether oxygens (including phenoxy) is 1. The zero-order valence-corrected chi connectivity index (χ0v) is 16.0. The largest absolute Gasteiger partial charge is 0.462 e. The molecule has 1 heterocycles. The normalized spacial score (nSPS) is 29.6. The maximum Gasteiger partial charge on any atom is 0.306 e. The first-order chi connectivity index (χ1) is 12.0. The van der Waals surface area contributed by atoms with Gasteiger partial charge in [0.2, 0.25) is 0 Å². The van der Waals surface area contributed by atoms with Crippen molar-refractivity contribution in [3.8, 4) is 0 Å². The van der Waals surface area contributed by atoms with E-state index < -0.39 is 7.72 Å². The second-order valence-corrected chi connectivity index (χ2v) is 8.98. The molecule has 130 valence electrons. The number of carbonyl (C=O) groups excluding carboxylic acids is 2. The Morgan fingerprint density at radius 2 is 2.16 bits per heavy atom. The van der Waals surface area contributed by atoms with Gasteiger partial charge >= 0.3 is 5.97 Å². The van der Waals surface area contributed by atoms with Crippen molar-refractivity contribution in [2.45, 2.75) is 37.9 Å². The molecule has 0 amide bonds. The molecular formula is C18H21BO4P2. The first-order valence-corrected chi connectivity index (χ1v) is 11.4. The predicted molar refractivity (Wildman–Crippen MR) is 102 cm³/mol. The van der Waals surface area contributed by atoms with Crippen molar-refractivity contribution in [1.29, 1.82) is 0 Å². The monoisotopic (exact) mass is 374 g/mol. The van der Waals surface area contributed by atoms with Crippen molar-refractivity contribution < 1.29 is 18.8 Å². The number of benzene rings is 1. The molecule has 0 N–H and O–H groups in total. The molecule has 1 aromatic carbocycles. The summed E-state index contributed by atoms with van der Waals surface area (Å²) in [5, 5.41) is 0. The Morgan fingerprint density at radius 1 is 1.40 bits per heavy atom. The summed E-state index contributed by atoms with van der Waals surface area (Å²) in [6.07, 6.45) is 5.54. The highest BCUT2D eigenvalue weighted by Gasteiger charge is 2.49. The topological polar surface area (TPSA) is 52.6 Å². The third-order valence-electron chi connectivity index (χ3n) is 4.82. The van der Waals surface area contributed by atoms with E-state index in [9.17, 15) is 9.59 Å². The lowest BCUT2D eigenvalue weighted by molar-refractivity contribution is -0.141. The zero-order valence-electron chi connectivity index (χ0n) is 13.9. The van der Waals surface area contributed by atoms with Crippen LogP contribution in [-0.2, 0) is 25.3 Å². The van der Waals surface area contributed by atoms with Crippen molar-refractivity contribution in [2.75, 3.05) is 0 Å². The quantitative estimate of drug-likeness (QED) is 0.318. The van der Waals surface area contributed by atoms with Crippen LogP contribution in [0.1, 0.15) is 24.8 Å². The Kier molecular flexibility index (Phi) is 6.44. The smallest absolute Gasteiger partial charge is 0.306 e. The minimum Gasteiger partial charge on any atom is -0.462 e. The molecule has 4 nitrogen and oxygen atoms in total. The highest BCUT2D eigenvalue weighted by atomic mass is 32.0. The number of hydrogen-bond acceptors (Lipinski definition) is 4. The van der Waals surface area contributed by atoms with Gasteiger partial charge in [0.15, 0.2) is 13.3 Å². The lowest BCUT2D eigenvalue weighted by Crippen LogP contribution is -2.19. The summed E-state index contributed by atoms with van der Waals surface area (Å²) in [6, 6.07) is 9.95. The van der Waals surface area contributed by atoms with E-state index in [-0.39, 0.29) is 35.8 Å². The van der Waals surface area contributed by atoms with Crippen molar-refractivity contribution >= 4 is 36.0 Å². The highest BCUT2D eigenvalue weighted by molar-refractivity contribution is 8.23. The Bertz CT molecular complexity index is 650. The van der Waals surface area contributed by atoms with Crippen LogP contribution < -0.4 is 0 Å². The maximum absolute atomic E-state index is 12.2. The van der Waals surface area contributed by atoms with Gasteiger partial charge in [0.1, 0.15) is 6.10 Å². The Labute approximate surface area is 153 Å². The summed E-state index contributed by atoms with van der Waals surface area (Å²) in [4.78, 5) is 23.8. The first-order valence-electron chi connectivity index (χ1n) is 8.43. The van der Waals surface area contributed by atoms with Gasteiger partial charge in [0.25, 0.3) is 0 Å². The Morgan fingerprint density at radius 3 is 2.88 bits per heavy atom. The summed E-state index contributed by atoms with van der Waals surface area (Å²) < 4.78 is 11.2. The lowest BCUT2D eigenvalue weighted by atomic mass is 9.91. The number of fused-ring (bicyclic) bond motifs is 1. The zero-order chi connectivity index (χ0) is 17.8. The number of carbonyl (C=O) groups is 2. The van der Waals surface area contributed by atoms with E-state index in [4.69, 9.17) is 16.8 Å². The molecule has 2 unspecified atom stereocenters. The van der Waals surface area contributed by atoms with Gasteiger partial charge in [-0.15, -0.1) is 0 Å². The highest BCUT2D eigenvalue weighted by Crippen LogP contribution is 2.50. The molecule has 1 aliphatic carbocycles. The van der Waals surface area contributed by atoms with Crippen LogP contribution >= 0.6 is 16.6 Å². The molecule has 0 aromatic heterocycles. The van der Waals surface area contributed by atoms with E-state index in [1.54, 1.807) is 6.08 Å². The van der Waals surface area contributed by atoms with Gasteiger partial charge in [0, 0.05) is 24.7 Å². The number of esters is 1. The van der Waals surface area contributed by atoms with Crippen LogP contribution in [0.5, 0.6) is 0 Å². The SMILES string of the molecule is [B]P(P)O[C@@H]1C[C@@H]2OC(=O)C[C@@H]2[C@H]1/C=C/C(=O)CCc1ccccc1. The van der Waals surface area contributed by atoms with E-state index in [1.807, 2.05) is 36.4 Å². The van der Waals surface area contributed by atoms with Crippen molar-refractivity contribution in [3.63, 3.8) is 0 Å². The molecule has 2 aliphatic rings. The number of ketones is 1. The molecule has 7 heteroatoms. The Hall–Kier alpha value is -1.02. The summed E-state index contributed by atoms with van der Waals surface area (Å²) in [7, 11) is 7.19. The fourth-order valence-electron chi connectivity index (χ4n) is 3.65. The van der Waals surface area contributed by atoms with Gasteiger partial charge in [-0.1, -0.05) is 45.3 Å². The standard InChI is InChI=1S/C18H21BO4P2/c19-25(24)23-17-11-16-15(10-18(21)22-16)14(17)9-8-13(20)7-6-12-4-2-1-3-5-12/h1-5,8-9,14-17H,6-7,10-11,24H2/b9-8+/t14-,15-,16+,17-,25?/m1/s1. The fourth-order valence-corrected chi connectivity index (χ4v) is 4.66. The van der Waals surface area contributed by atoms with Crippen LogP contribution in [0.15, 0.2) is 42.5 Å². The van der Waals surface area contributed by atoms with Crippen LogP contribution in [0.25, 0.3) is 0 Å². The van der Waals surface area contributed by atoms with Crippen LogP contribution in [0, 0.1) is 11.8 Å². The second-order valence-electron chi connectivity index (χ2n) is 6.52. The van der Waals surface area contributed by atoms with E-state index in [0.717, 1.165) is 12.0 Å². The molecule has 3 rings (SSSR count). The number of rotatable bonds is 7. The van der Waals surface area contributed by atoms with E-state index in [0.29, 0.717) is 19.3 Å². The van der Waals surface area contributed by atoms with Crippen molar-refractivity contribution in [3.05, 3.63) is 48.0 Å². The molecule has 0 spiro atoms. The average molecular weight is 374 g/mol. The molecule has 2 fully saturated rings. The lowest BCUT2D eigenvalue weighted by Gasteiger charge is -2.22. The molecule has 0 bridgehead atoms. The molecular weight excluding hydrogens is 353 g/mol. The van der Waals surface area contributed by atoms with E-state index in [2.05, 4.69) is 8.93 Å². The van der Waals surface area contributed by atoms with Gasteiger partial charge < -0.3 is 9.26 Å². The summed E-state index contributed by atoms with van der Waals surface area (Å²) >= 11 is 0. The van der Waals surface area contributed by atoms with Crippen molar-refractivity contribution in [1.82, 2.24) is 0 Å². The molecule has 2 radical (unpaired) electrons. The molecule has 1 aromatic rings. The first kappa shape index (κ1) is 18.8. The van der Waals surface area contributed by atoms with Crippen LogP contribution in [0.3, 0.4) is 0 Å². The van der Waals surface area contributed by atoms with Crippen molar-refractivity contribution in [2.24, 2.45) is 11.8 Å². The third-order valence-corrected chi connectivity index (χ3v) is 5.69.